The molecule has 0 radical (unpaired) electrons. The summed E-state index contributed by atoms with van der Waals surface area (Å²) < 4.78 is 27.3. The second kappa shape index (κ2) is 5.88. The van der Waals surface area contributed by atoms with Crippen LogP contribution in [0.1, 0.15) is 16.1 Å². The number of aromatic nitrogens is 1. The Morgan fingerprint density at radius 2 is 1.74 bits per heavy atom. The Hall–Kier alpha value is -1.14. The second-order valence-corrected chi connectivity index (χ2v) is 5.63. The Bertz CT molecular complexity index is 626. The minimum absolute atomic E-state index is 0.109. The monoisotopic (exact) mass is 389 g/mol. The molecule has 2 rings (SSSR count). The Balaban J connectivity index is 2.25. The Morgan fingerprint density at radius 1 is 1.11 bits per heavy atom. The van der Waals surface area contributed by atoms with E-state index in [0.29, 0.717) is 4.47 Å². The standard InChI is InChI=1S/C13H7Br2F2NO/c14-8-4-11(15)13(18-6-8)12(19)3-7-1-9(16)5-10(17)2-7/h1-2,4-6H,3H2. The molecule has 1 aromatic carbocycles. The Kier molecular flexibility index (Phi) is 4.42. The van der Waals surface area contributed by atoms with E-state index in [9.17, 15) is 13.6 Å². The van der Waals surface area contributed by atoms with Crippen molar-refractivity contribution in [1.29, 1.82) is 0 Å². The van der Waals surface area contributed by atoms with Gasteiger partial charge in [-0.2, -0.15) is 0 Å². The highest BCUT2D eigenvalue weighted by Crippen LogP contribution is 2.21. The predicted molar refractivity (Wildman–Crippen MR) is 74.0 cm³/mol. The maximum absolute atomic E-state index is 13.0. The van der Waals surface area contributed by atoms with Crippen molar-refractivity contribution in [2.75, 3.05) is 0 Å². The Morgan fingerprint density at radius 3 is 2.32 bits per heavy atom. The van der Waals surface area contributed by atoms with Gasteiger partial charge in [-0.3, -0.25) is 9.78 Å². The summed E-state index contributed by atoms with van der Waals surface area (Å²) in [6.07, 6.45) is 1.38. The average molecular weight is 391 g/mol. The van der Waals surface area contributed by atoms with Crippen LogP contribution in [0.25, 0.3) is 0 Å². The van der Waals surface area contributed by atoms with E-state index in [0.717, 1.165) is 22.7 Å². The van der Waals surface area contributed by atoms with Crippen LogP contribution >= 0.6 is 31.9 Å². The molecular formula is C13H7Br2F2NO. The van der Waals surface area contributed by atoms with E-state index in [-0.39, 0.29) is 23.5 Å². The van der Waals surface area contributed by atoms with Gasteiger partial charge < -0.3 is 0 Å². The molecule has 0 bridgehead atoms. The van der Waals surface area contributed by atoms with Gasteiger partial charge in [0, 0.05) is 27.6 Å². The van der Waals surface area contributed by atoms with Crippen molar-refractivity contribution < 1.29 is 13.6 Å². The summed E-state index contributed by atoms with van der Waals surface area (Å²) in [5, 5.41) is 0. The minimum atomic E-state index is -0.703. The van der Waals surface area contributed by atoms with E-state index in [4.69, 9.17) is 0 Å². The number of ketones is 1. The van der Waals surface area contributed by atoms with Crippen molar-refractivity contribution >= 4 is 37.6 Å². The van der Waals surface area contributed by atoms with Crippen LogP contribution in [-0.2, 0) is 6.42 Å². The lowest BCUT2D eigenvalue weighted by Crippen LogP contribution is -2.07. The zero-order valence-electron chi connectivity index (χ0n) is 9.46. The van der Waals surface area contributed by atoms with Crippen molar-refractivity contribution in [2.45, 2.75) is 6.42 Å². The molecule has 98 valence electrons. The van der Waals surface area contributed by atoms with Gasteiger partial charge in [0.2, 0.25) is 0 Å². The number of hydrogen-bond acceptors (Lipinski definition) is 2. The first kappa shape index (κ1) is 14.3. The molecule has 6 heteroatoms. The molecule has 0 aliphatic heterocycles. The number of pyridine rings is 1. The summed E-state index contributed by atoms with van der Waals surface area (Å²) in [7, 11) is 0. The SMILES string of the molecule is O=C(Cc1cc(F)cc(F)c1)c1ncc(Br)cc1Br. The van der Waals surface area contributed by atoms with E-state index in [1.165, 1.54) is 6.20 Å². The van der Waals surface area contributed by atoms with Crippen molar-refractivity contribution in [3.63, 3.8) is 0 Å². The fraction of sp³-hybridized carbons (Fsp3) is 0.0769. The van der Waals surface area contributed by atoms with Crippen molar-refractivity contribution in [3.05, 3.63) is 62.3 Å². The van der Waals surface area contributed by atoms with Gasteiger partial charge in [-0.15, -0.1) is 0 Å². The van der Waals surface area contributed by atoms with Crippen LogP contribution in [0.3, 0.4) is 0 Å². The fourth-order valence-electron chi connectivity index (χ4n) is 1.60. The van der Waals surface area contributed by atoms with Crippen LogP contribution in [0, 0.1) is 11.6 Å². The first-order chi connectivity index (χ1) is 8.95. The number of halogens is 4. The number of Topliss-reactive ketones (excluding diaryl/α,β-unsaturated/α-hetero) is 1. The zero-order valence-corrected chi connectivity index (χ0v) is 12.6. The largest absolute Gasteiger partial charge is 0.292 e. The average Bonchev–Trinajstić information content (AvgIpc) is 2.26. The summed E-state index contributed by atoms with van der Waals surface area (Å²) in [5.74, 6) is -1.72. The third kappa shape index (κ3) is 3.67. The summed E-state index contributed by atoms with van der Waals surface area (Å²) in [6.45, 7) is 0. The molecule has 0 fully saturated rings. The zero-order chi connectivity index (χ0) is 14.0. The summed E-state index contributed by atoms with van der Waals surface area (Å²) in [5.41, 5.74) is 0.506. The number of nitrogens with zero attached hydrogens (tertiary/aromatic N) is 1. The lowest BCUT2D eigenvalue weighted by atomic mass is 10.1. The molecule has 0 unspecified atom stereocenters. The third-order valence-electron chi connectivity index (χ3n) is 2.36. The summed E-state index contributed by atoms with van der Waals surface area (Å²) in [6, 6.07) is 4.72. The van der Waals surface area contributed by atoms with Gasteiger partial charge in [0.1, 0.15) is 17.3 Å². The van der Waals surface area contributed by atoms with E-state index in [1.54, 1.807) is 6.07 Å². The van der Waals surface area contributed by atoms with Gasteiger partial charge in [-0.1, -0.05) is 0 Å². The summed E-state index contributed by atoms with van der Waals surface area (Å²) in [4.78, 5) is 16.0. The number of carbonyl (C=O) groups excluding carboxylic acids is 1. The molecule has 0 spiro atoms. The van der Waals surface area contributed by atoms with Crippen LogP contribution < -0.4 is 0 Å². The van der Waals surface area contributed by atoms with Crippen LogP contribution in [0.15, 0.2) is 39.4 Å². The van der Waals surface area contributed by atoms with Crippen LogP contribution in [-0.4, -0.2) is 10.8 Å². The van der Waals surface area contributed by atoms with Gasteiger partial charge in [0.15, 0.2) is 5.78 Å². The van der Waals surface area contributed by atoms with Gasteiger partial charge in [-0.05, 0) is 55.6 Å². The first-order valence-corrected chi connectivity index (χ1v) is 6.83. The second-order valence-electron chi connectivity index (χ2n) is 3.86. The van der Waals surface area contributed by atoms with Gasteiger partial charge in [-0.25, -0.2) is 8.78 Å². The summed E-state index contributed by atoms with van der Waals surface area (Å²) >= 11 is 6.46. The highest BCUT2D eigenvalue weighted by molar-refractivity contribution is 9.11. The molecule has 0 saturated heterocycles. The van der Waals surface area contributed by atoms with E-state index >= 15 is 0 Å². The van der Waals surface area contributed by atoms with Gasteiger partial charge in [0.25, 0.3) is 0 Å². The molecule has 0 saturated carbocycles. The molecule has 0 amide bonds. The molecule has 19 heavy (non-hydrogen) atoms. The molecular weight excluding hydrogens is 384 g/mol. The van der Waals surface area contributed by atoms with Crippen molar-refractivity contribution in [3.8, 4) is 0 Å². The normalized spacial score (nSPS) is 10.5. The maximum atomic E-state index is 13.0. The molecule has 0 atom stereocenters. The highest BCUT2D eigenvalue weighted by Gasteiger charge is 2.14. The molecule has 2 nitrogen and oxygen atoms in total. The smallest absolute Gasteiger partial charge is 0.186 e. The number of hydrogen-bond donors (Lipinski definition) is 0. The lowest BCUT2D eigenvalue weighted by Gasteiger charge is -2.04. The number of carbonyl (C=O) groups is 1. The number of rotatable bonds is 3. The quantitative estimate of drug-likeness (QED) is 0.731. The topological polar surface area (TPSA) is 30.0 Å². The molecule has 0 aliphatic rings. The molecule has 0 aliphatic carbocycles. The lowest BCUT2D eigenvalue weighted by molar-refractivity contribution is 0.0987. The molecule has 1 heterocycles. The molecule has 0 N–H and O–H groups in total. The maximum Gasteiger partial charge on any atom is 0.186 e. The fourth-order valence-corrected chi connectivity index (χ4v) is 2.81. The molecule has 1 aromatic heterocycles. The van der Waals surface area contributed by atoms with Crippen molar-refractivity contribution in [1.82, 2.24) is 4.98 Å². The van der Waals surface area contributed by atoms with Crippen LogP contribution in [0.5, 0.6) is 0 Å². The van der Waals surface area contributed by atoms with E-state index < -0.39 is 11.6 Å². The Labute approximate surface area is 125 Å². The third-order valence-corrected chi connectivity index (χ3v) is 3.40. The minimum Gasteiger partial charge on any atom is -0.292 e. The van der Waals surface area contributed by atoms with Crippen molar-refractivity contribution in [2.24, 2.45) is 0 Å². The van der Waals surface area contributed by atoms with Gasteiger partial charge in [0.05, 0.1) is 0 Å². The van der Waals surface area contributed by atoms with Gasteiger partial charge >= 0.3 is 0 Å². The van der Waals surface area contributed by atoms with Crippen LogP contribution in [0.4, 0.5) is 8.78 Å². The predicted octanol–water partition coefficient (Wildman–Crippen LogP) is 4.31. The van der Waals surface area contributed by atoms with E-state index in [1.807, 2.05) is 0 Å². The highest BCUT2D eigenvalue weighted by atomic mass is 79.9. The van der Waals surface area contributed by atoms with Crippen LogP contribution in [0.2, 0.25) is 0 Å². The molecule has 2 aromatic rings. The first-order valence-electron chi connectivity index (χ1n) is 5.25. The number of benzene rings is 1. The van der Waals surface area contributed by atoms with E-state index in [2.05, 4.69) is 36.8 Å².